The Bertz CT molecular complexity index is 1160. The Morgan fingerprint density at radius 1 is 1.03 bits per heavy atom. The summed E-state index contributed by atoms with van der Waals surface area (Å²) in [6, 6.07) is 15.6. The third-order valence-corrected chi connectivity index (χ3v) is 6.81. The van der Waals surface area contributed by atoms with Crippen molar-refractivity contribution in [3.8, 4) is 5.69 Å². The van der Waals surface area contributed by atoms with Gasteiger partial charge in [-0.2, -0.15) is 5.10 Å². The van der Waals surface area contributed by atoms with E-state index in [4.69, 9.17) is 4.74 Å². The molecule has 1 aliphatic heterocycles. The van der Waals surface area contributed by atoms with Crippen LogP contribution in [0.5, 0.6) is 0 Å². The van der Waals surface area contributed by atoms with Crippen molar-refractivity contribution in [2.75, 3.05) is 44.7 Å². The van der Waals surface area contributed by atoms with Crippen molar-refractivity contribution >= 4 is 21.6 Å². The van der Waals surface area contributed by atoms with E-state index in [0.29, 0.717) is 17.8 Å². The number of sulfonamides is 1. The van der Waals surface area contributed by atoms with Crippen LogP contribution in [0, 0.1) is 0 Å². The molecule has 4 rings (SSSR count). The molecule has 1 aromatic heterocycles. The van der Waals surface area contributed by atoms with E-state index in [1.807, 2.05) is 30.3 Å². The molecule has 2 N–H and O–H groups in total. The smallest absolute Gasteiger partial charge is 0.258 e. The number of para-hydroxylation sites is 1. The summed E-state index contributed by atoms with van der Waals surface area (Å²) in [4.78, 5) is 15.0. The van der Waals surface area contributed by atoms with Crippen LogP contribution in [0.3, 0.4) is 0 Å². The number of aromatic nitrogens is 2. The minimum Gasteiger partial charge on any atom is -0.379 e. The molecule has 0 bridgehead atoms. The Labute approximate surface area is 193 Å². The lowest BCUT2D eigenvalue weighted by atomic mass is 10.3. The first-order valence-corrected chi connectivity index (χ1v) is 12.3. The van der Waals surface area contributed by atoms with Crippen LogP contribution in [0.1, 0.15) is 16.8 Å². The Balaban J connectivity index is 1.29. The van der Waals surface area contributed by atoms with Crippen LogP contribution in [0.25, 0.3) is 5.69 Å². The van der Waals surface area contributed by atoms with Gasteiger partial charge in [-0.1, -0.05) is 18.2 Å². The van der Waals surface area contributed by atoms with Crippen molar-refractivity contribution in [1.29, 1.82) is 0 Å². The molecular weight excluding hydrogens is 442 g/mol. The first-order chi connectivity index (χ1) is 16.0. The predicted molar refractivity (Wildman–Crippen MR) is 125 cm³/mol. The Kier molecular flexibility index (Phi) is 7.50. The van der Waals surface area contributed by atoms with Crippen LogP contribution >= 0.6 is 0 Å². The van der Waals surface area contributed by atoms with Crippen molar-refractivity contribution in [3.05, 3.63) is 72.6 Å². The molecule has 0 unspecified atom stereocenters. The maximum atomic E-state index is 12.5. The van der Waals surface area contributed by atoms with Gasteiger partial charge in [0.25, 0.3) is 5.91 Å². The lowest BCUT2D eigenvalue weighted by molar-refractivity contribution is 0.0376. The molecule has 0 atom stereocenters. The van der Waals surface area contributed by atoms with E-state index in [-0.39, 0.29) is 10.8 Å². The van der Waals surface area contributed by atoms with E-state index in [1.165, 1.54) is 18.3 Å². The Hall–Kier alpha value is -3.05. The van der Waals surface area contributed by atoms with E-state index in [0.717, 1.165) is 45.0 Å². The number of hydrogen-bond donors (Lipinski definition) is 2. The fourth-order valence-corrected chi connectivity index (χ4v) is 4.57. The predicted octanol–water partition coefficient (Wildman–Crippen LogP) is 2.13. The fraction of sp³-hybridized carbons (Fsp3) is 0.304. The zero-order valence-corrected chi connectivity index (χ0v) is 19.0. The maximum Gasteiger partial charge on any atom is 0.258 e. The third-order valence-electron chi connectivity index (χ3n) is 5.33. The summed E-state index contributed by atoms with van der Waals surface area (Å²) in [6.45, 7) is 4.41. The van der Waals surface area contributed by atoms with Gasteiger partial charge in [-0.05, 0) is 49.4 Å². The van der Waals surface area contributed by atoms with Crippen molar-refractivity contribution in [1.82, 2.24) is 19.4 Å². The number of anilines is 1. The average molecular weight is 470 g/mol. The highest BCUT2D eigenvalue weighted by Crippen LogP contribution is 2.16. The van der Waals surface area contributed by atoms with Gasteiger partial charge >= 0.3 is 0 Å². The summed E-state index contributed by atoms with van der Waals surface area (Å²) in [5.74, 6) is -0.325. The third kappa shape index (κ3) is 6.26. The molecule has 1 fully saturated rings. The number of nitrogens with one attached hydrogen (secondary N) is 2. The first-order valence-electron chi connectivity index (χ1n) is 10.8. The maximum absolute atomic E-state index is 12.5. The number of ether oxygens (including phenoxy) is 1. The van der Waals surface area contributed by atoms with Crippen LogP contribution in [0.15, 0.2) is 71.9 Å². The minimum absolute atomic E-state index is 0.156. The minimum atomic E-state index is -3.61. The quantitative estimate of drug-likeness (QED) is 0.465. The Morgan fingerprint density at radius 2 is 1.76 bits per heavy atom. The van der Waals surface area contributed by atoms with Crippen molar-refractivity contribution in [2.24, 2.45) is 0 Å². The molecule has 1 amide bonds. The summed E-state index contributed by atoms with van der Waals surface area (Å²) < 4.78 is 34.6. The van der Waals surface area contributed by atoms with E-state index in [1.54, 1.807) is 23.0 Å². The largest absolute Gasteiger partial charge is 0.379 e. The molecule has 9 nitrogen and oxygen atoms in total. The van der Waals surface area contributed by atoms with Crippen molar-refractivity contribution < 1.29 is 17.9 Å². The van der Waals surface area contributed by atoms with E-state index < -0.39 is 10.0 Å². The highest BCUT2D eigenvalue weighted by molar-refractivity contribution is 7.89. The van der Waals surface area contributed by atoms with Gasteiger partial charge < -0.3 is 10.1 Å². The van der Waals surface area contributed by atoms with Gasteiger partial charge in [0.2, 0.25) is 10.0 Å². The number of carbonyl (C=O) groups excluding carboxylic acids is 1. The second-order valence-electron chi connectivity index (χ2n) is 7.69. The second-order valence-corrected chi connectivity index (χ2v) is 9.46. The lowest BCUT2D eigenvalue weighted by Gasteiger charge is -2.26. The molecule has 1 saturated heterocycles. The van der Waals surface area contributed by atoms with Gasteiger partial charge in [-0.25, -0.2) is 17.8 Å². The van der Waals surface area contributed by atoms with Crippen LogP contribution in [0.4, 0.5) is 5.69 Å². The van der Waals surface area contributed by atoms with E-state index in [2.05, 4.69) is 20.0 Å². The summed E-state index contributed by atoms with van der Waals surface area (Å²) in [7, 11) is -3.61. The standard InChI is InChI=1S/C23H27N5O4S/c29-23(19-17-24-28(18-19)21-5-2-1-3-6-21)26-20-7-9-22(10-8-20)33(30,31)25-11-4-12-27-13-15-32-16-14-27/h1-3,5-10,17-18,25H,4,11-16H2,(H,26,29). The van der Waals surface area contributed by atoms with Gasteiger partial charge in [0.05, 0.1) is 35.6 Å². The van der Waals surface area contributed by atoms with Gasteiger partial charge in [0.1, 0.15) is 0 Å². The molecule has 0 aliphatic carbocycles. The number of morpholine rings is 1. The summed E-state index contributed by atoms with van der Waals surface area (Å²) in [5, 5.41) is 6.99. The Morgan fingerprint density at radius 3 is 2.48 bits per heavy atom. The summed E-state index contributed by atoms with van der Waals surface area (Å²) in [5.41, 5.74) is 1.75. The van der Waals surface area contributed by atoms with Gasteiger partial charge in [0.15, 0.2) is 0 Å². The number of amides is 1. The average Bonchev–Trinajstić information content (AvgIpc) is 3.34. The van der Waals surface area contributed by atoms with Gasteiger partial charge in [-0.15, -0.1) is 0 Å². The topological polar surface area (TPSA) is 106 Å². The number of rotatable bonds is 9. The summed E-state index contributed by atoms with van der Waals surface area (Å²) in [6.07, 6.45) is 3.86. The molecular formula is C23H27N5O4S. The highest BCUT2D eigenvalue weighted by atomic mass is 32.2. The zero-order chi connectivity index (χ0) is 23.1. The molecule has 174 valence electrons. The lowest BCUT2D eigenvalue weighted by Crippen LogP contribution is -2.38. The number of hydrogen-bond acceptors (Lipinski definition) is 6. The highest BCUT2D eigenvalue weighted by Gasteiger charge is 2.15. The molecule has 10 heteroatoms. The SMILES string of the molecule is O=C(Nc1ccc(S(=O)(=O)NCCCN2CCOCC2)cc1)c1cnn(-c2ccccc2)c1. The fourth-order valence-electron chi connectivity index (χ4n) is 3.50. The number of benzene rings is 2. The van der Waals surface area contributed by atoms with Gasteiger partial charge in [-0.3, -0.25) is 9.69 Å². The first kappa shape index (κ1) is 23.1. The number of nitrogens with zero attached hydrogens (tertiary/aromatic N) is 3. The molecule has 2 aromatic carbocycles. The normalized spacial score (nSPS) is 14.8. The molecule has 3 aromatic rings. The second kappa shape index (κ2) is 10.7. The molecule has 2 heterocycles. The summed E-state index contributed by atoms with van der Waals surface area (Å²) >= 11 is 0. The van der Waals surface area contributed by atoms with Crippen LogP contribution in [-0.4, -0.2) is 68.4 Å². The van der Waals surface area contributed by atoms with Gasteiger partial charge in [0, 0.05) is 31.5 Å². The van der Waals surface area contributed by atoms with Crippen molar-refractivity contribution in [3.63, 3.8) is 0 Å². The van der Waals surface area contributed by atoms with Crippen LogP contribution in [0.2, 0.25) is 0 Å². The van der Waals surface area contributed by atoms with E-state index >= 15 is 0 Å². The van der Waals surface area contributed by atoms with Crippen molar-refractivity contribution in [2.45, 2.75) is 11.3 Å². The monoisotopic (exact) mass is 469 g/mol. The zero-order valence-electron chi connectivity index (χ0n) is 18.2. The number of carbonyl (C=O) groups is 1. The van der Waals surface area contributed by atoms with E-state index in [9.17, 15) is 13.2 Å². The molecule has 0 radical (unpaired) electrons. The molecule has 0 saturated carbocycles. The van der Waals surface area contributed by atoms with Crippen LogP contribution < -0.4 is 10.0 Å². The molecule has 33 heavy (non-hydrogen) atoms. The van der Waals surface area contributed by atoms with Crippen LogP contribution in [-0.2, 0) is 14.8 Å². The molecule has 1 aliphatic rings. The molecule has 0 spiro atoms.